The molecule has 10 heteroatoms. The van der Waals surface area contributed by atoms with Gasteiger partial charge in [-0.15, -0.1) is 63.1 Å². The maximum Gasteiger partial charge on any atom is 0.0246 e. The normalized spacial score (nSPS) is 20.3. The summed E-state index contributed by atoms with van der Waals surface area (Å²) in [4.78, 5) is 5.02. The van der Waals surface area contributed by atoms with Gasteiger partial charge in [0.05, 0.1) is 0 Å². The molecule has 5 aromatic rings. The molecule has 0 aliphatic heterocycles. The lowest BCUT2D eigenvalue weighted by molar-refractivity contribution is 0.294. The summed E-state index contributed by atoms with van der Waals surface area (Å²) in [6.45, 7) is 11.4. The van der Waals surface area contributed by atoms with Gasteiger partial charge in [0.2, 0.25) is 0 Å². The van der Waals surface area contributed by atoms with Crippen molar-refractivity contribution in [3.05, 3.63) is 149 Å². The lowest BCUT2D eigenvalue weighted by Crippen LogP contribution is -2.13. The van der Waals surface area contributed by atoms with Gasteiger partial charge in [-0.1, -0.05) is 286 Å². The van der Waals surface area contributed by atoms with Crippen LogP contribution < -0.4 is 0 Å². The minimum Gasteiger partial charge on any atom is -0.269 e. The van der Waals surface area contributed by atoms with E-state index in [2.05, 4.69) is 218 Å². The van der Waals surface area contributed by atoms with E-state index in [1.54, 1.807) is 0 Å². The van der Waals surface area contributed by atoms with Crippen LogP contribution in [0.4, 0.5) is 23.5 Å². The van der Waals surface area contributed by atoms with Gasteiger partial charge in [0.25, 0.3) is 0 Å². The average Bonchev–Trinajstić information content (AvgIpc) is 0.912. The van der Waals surface area contributed by atoms with E-state index in [0.717, 1.165) is 81.9 Å². The number of hydrogen-bond acceptors (Lipinski definition) is 5. The molecule has 0 radical (unpaired) electrons. The number of halogens is 5. The summed E-state index contributed by atoms with van der Waals surface area (Å²) in [6.07, 6.45) is 69.6. The van der Waals surface area contributed by atoms with Gasteiger partial charge in [-0.25, -0.2) is 0 Å². The Balaban J connectivity index is 0.000000711. The van der Waals surface area contributed by atoms with Crippen molar-refractivity contribution < 1.29 is 23.5 Å². The zero-order valence-electron chi connectivity index (χ0n) is 72.0. The van der Waals surface area contributed by atoms with Crippen LogP contribution in [0.1, 0.15) is 383 Å². The summed E-state index contributed by atoms with van der Waals surface area (Å²) in [5.41, 5.74) is 5.61. The Morgan fingerprint density at radius 3 is 0.452 bits per heavy atom. The van der Waals surface area contributed by atoms with E-state index < -0.39 is 0 Å². The molecule has 5 fully saturated rings. The first kappa shape index (κ1) is 108. The summed E-state index contributed by atoms with van der Waals surface area (Å²) in [5.74, 6) is 42.1. The van der Waals surface area contributed by atoms with Gasteiger partial charge in [-0.05, 0) is 279 Å². The van der Waals surface area contributed by atoms with Crippen LogP contribution in [0, 0.1) is 118 Å². The van der Waals surface area contributed by atoms with Gasteiger partial charge >= 0.3 is 0 Å². The fourth-order valence-corrected chi connectivity index (χ4v) is 17.6. The van der Waals surface area contributed by atoms with Crippen molar-refractivity contribution in [2.45, 2.75) is 380 Å². The second-order valence-electron chi connectivity index (χ2n) is 33.7. The highest BCUT2D eigenvalue weighted by atomic mass is 32.1. The third-order valence-corrected chi connectivity index (χ3v) is 25.7. The predicted molar refractivity (Wildman–Crippen MR) is 509 cm³/mol. The Hall–Kier alpha value is -4.70. The third kappa shape index (κ3) is 52.2. The van der Waals surface area contributed by atoms with Crippen LogP contribution in [0.3, 0.4) is 0 Å². The van der Waals surface area contributed by atoms with Gasteiger partial charge in [0, 0.05) is 81.9 Å². The number of unbranched alkanes of at least 4 members (excludes halogenated alkanes) is 20. The van der Waals surface area contributed by atoms with E-state index >= 15 is 0 Å². The van der Waals surface area contributed by atoms with E-state index in [4.69, 9.17) is 0 Å². The summed E-state index contributed by atoms with van der Waals surface area (Å²) >= 11 is 21.5. The number of hydrogen-bond donors (Lipinski definition) is 5. The Morgan fingerprint density at radius 2 is 0.322 bits per heavy atom. The topological polar surface area (TPSA) is 0 Å². The molecule has 0 saturated heterocycles. The van der Waals surface area contributed by atoms with Crippen LogP contribution in [0.5, 0.6) is 0 Å². The highest BCUT2D eigenvalue weighted by Crippen LogP contribution is 2.37. The van der Waals surface area contributed by atoms with Gasteiger partial charge in [-0.2, -0.15) is 0 Å². The summed E-state index contributed by atoms with van der Waals surface area (Å²) in [5, 5.41) is 0. The second kappa shape index (κ2) is 70.0. The molecule has 5 aliphatic rings. The van der Waals surface area contributed by atoms with Crippen molar-refractivity contribution in [1.82, 2.24) is 0 Å². The van der Waals surface area contributed by atoms with E-state index in [-0.39, 0.29) is 23.5 Å². The highest BCUT2D eigenvalue weighted by molar-refractivity contribution is 7.81. The minimum absolute atomic E-state index is 0. The molecule has 0 N–H and O–H groups in total. The van der Waals surface area contributed by atoms with E-state index in [0.29, 0.717) is 29.6 Å². The zero-order chi connectivity index (χ0) is 78.1. The second-order valence-corrected chi connectivity index (χ2v) is 36.3. The molecule has 0 heterocycles. The number of rotatable bonds is 30. The smallest absolute Gasteiger partial charge is 0.0246 e. The monoisotopic (exact) mass is 1670 g/mol. The first-order chi connectivity index (χ1) is 53.9. The first-order valence-corrected chi connectivity index (χ1v) is 47.6. The molecule has 5 aliphatic carbocycles. The van der Waals surface area contributed by atoms with Crippen molar-refractivity contribution >= 4 is 63.1 Å². The maximum absolute atomic E-state index is 4.31. The van der Waals surface area contributed by atoms with Gasteiger partial charge in [-0.3, -0.25) is 23.5 Å². The van der Waals surface area contributed by atoms with Crippen LogP contribution in [0.25, 0.3) is 0 Å². The van der Waals surface area contributed by atoms with Crippen LogP contribution in [-0.2, 0) is 0 Å². The van der Waals surface area contributed by atoms with E-state index in [1.165, 1.54) is 321 Å². The van der Waals surface area contributed by atoms with Gasteiger partial charge < -0.3 is 0 Å². The molecule has 0 aromatic heterocycles. The molecule has 0 bridgehead atoms. The fourth-order valence-electron chi connectivity index (χ4n) is 16.8. The largest absolute Gasteiger partial charge is 0.269 e. The molecule has 10 rings (SSSR count). The molecule has 0 nitrogen and oxygen atoms in total. The Morgan fingerprint density at radius 1 is 0.191 bits per heavy atom. The van der Waals surface area contributed by atoms with Crippen LogP contribution in [-0.4, -0.2) is 0 Å². The molecule has 5 saturated carbocycles. The molecule has 0 amide bonds. The van der Waals surface area contributed by atoms with Crippen LogP contribution >= 0.6 is 63.1 Å². The van der Waals surface area contributed by atoms with Crippen molar-refractivity contribution in [2.75, 3.05) is 0 Å². The Bertz CT molecular complexity index is 2920. The molecular weight excluding hydrogens is 1520 g/mol. The van der Waals surface area contributed by atoms with Crippen LogP contribution in [0.2, 0.25) is 0 Å². The minimum atomic E-state index is 0. The zero-order valence-corrected chi connectivity index (χ0v) is 76.4. The van der Waals surface area contributed by atoms with Crippen LogP contribution in [0.15, 0.2) is 146 Å². The van der Waals surface area contributed by atoms with Gasteiger partial charge in [0.15, 0.2) is 0 Å². The van der Waals surface area contributed by atoms with Crippen molar-refractivity contribution in [2.24, 2.45) is 59.2 Å². The Kier molecular flexibility index (Phi) is 66.0. The summed E-state index contributed by atoms with van der Waals surface area (Å²) < 4.78 is 0. The number of thiol groups is 5. The molecular formula is C105H155F5S5. The first-order valence-electron chi connectivity index (χ1n) is 45.4. The molecule has 0 spiro atoms. The van der Waals surface area contributed by atoms with Crippen molar-refractivity contribution in [3.63, 3.8) is 0 Å². The molecule has 115 heavy (non-hydrogen) atoms. The standard InChI is InChI=1S/5C21H30S.5FH/c5*1-2-3-4-5-6-7-18-8-10-19(11-9-18)12-13-20-14-16-21(22)17-15-20;;;;;/h5*14-19,22H,2-11H2,1H3;5*1H. The van der Waals surface area contributed by atoms with Crippen molar-refractivity contribution in [1.29, 1.82) is 0 Å². The lowest BCUT2D eigenvalue weighted by atomic mass is 9.80. The third-order valence-electron chi connectivity index (χ3n) is 24.3. The quantitative estimate of drug-likeness (QED) is 0.0129. The predicted octanol–water partition coefficient (Wildman–Crippen LogP) is 33.2. The Labute approximate surface area is 728 Å². The fraction of sp³-hybridized carbons (Fsp3) is 0.619. The highest BCUT2D eigenvalue weighted by Gasteiger charge is 2.24. The maximum atomic E-state index is 4.31. The SMILES string of the molecule is CCCCCCCC1CCC(C#Cc2ccc(S)cc2)CC1.CCCCCCCC1CCC(C#Cc2ccc(S)cc2)CC1.CCCCCCCC1CCC(C#Cc2ccc(S)cc2)CC1.CCCCCCCC1CCC(C#Cc2ccc(S)cc2)CC1.CCCCCCCC1CCC(C#Cc2ccc(S)cc2)CC1.F.F.F.F.F. The average molecular weight is 1670 g/mol. The molecule has 0 unspecified atom stereocenters. The van der Waals surface area contributed by atoms with Crippen molar-refractivity contribution in [3.8, 4) is 59.2 Å². The lowest BCUT2D eigenvalue weighted by Gasteiger charge is -2.25. The molecule has 0 atom stereocenters. The molecule has 640 valence electrons. The van der Waals surface area contributed by atoms with Gasteiger partial charge in [0.1, 0.15) is 0 Å². The number of benzene rings is 5. The summed E-state index contributed by atoms with van der Waals surface area (Å²) in [7, 11) is 0. The summed E-state index contributed by atoms with van der Waals surface area (Å²) in [6, 6.07) is 40.8. The van der Waals surface area contributed by atoms with E-state index in [9.17, 15) is 0 Å². The molecule has 5 aromatic carbocycles. The van der Waals surface area contributed by atoms with E-state index in [1.807, 2.05) is 60.7 Å².